The second kappa shape index (κ2) is 9.61. The number of rotatable bonds is 7. The van der Waals surface area contributed by atoms with Gasteiger partial charge in [-0.2, -0.15) is 0 Å². The topological polar surface area (TPSA) is 68.0 Å². The first-order chi connectivity index (χ1) is 14.7. The zero-order chi connectivity index (χ0) is 20.8. The van der Waals surface area contributed by atoms with E-state index in [9.17, 15) is 4.79 Å². The number of hydrogen-bond acceptors (Lipinski definition) is 5. The van der Waals surface area contributed by atoms with Crippen molar-refractivity contribution in [3.63, 3.8) is 0 Å². The van der Waals surface area contributed by atoms with Gasteiger partial charge in [0.2, 0.25) is 5.89 Å². The molecule has 0 unspecified atom stereocenters. The van der Waals surface area contributed by atoms with Crippen molar-refractivity contribution < 1.29 is 9.21 Å². The van der Waals surface area contributed by atoms with E-state index < -0.39 is 0 Å². The van der Waals surface area contributed by atoms with Gasteiger partial charge in [0.05, 0.1) is 0 Å². The zero-order valence-electron chi connectivity index (χ0n) is 15.9. The van der Waals surface area contributed by atoms with E-state index in [1.807, 2.05) is 78.9 Å². The second-order valence-corrected chi connectivity index (χ2v) is 7.86. The van der Waals surface area contributed by atoms with Crippen LogP contribution in [-0.2, 0) is 12.3 Å². The molecule has 4 aromatic rings. The molecule has 1 aromatic heterocycles. The van der Waals surface area contributed by atoms with Crippen LogP contribution in [0.2, 0.25) is 5.02 Å². The van der Waals surface area contributed by atoms with Crippen molar-refractivity contribution in [3.05, 3.63) is 101 Å². The van der Waals surface area contributed by atoms with Crippen LogP contribution in [0, 0.1) is 0 Å². The van der Waals surface area contributed by atoms with Gasteiger partial charge in [0.15, 0.2) is 0 Å². The van der Waals surface area contributed by atoms with Gasteiger partial charge in [0.25, 0.3) is 11.1 Å². The number of benzene rings is 3. The highest BCUT2D eigenvalue weighted by molar-refractivity contribution is 7.98. The van der Waals surface area contributed by atoms with E-state index in [-0.39, 0.29) is 5.91 Å². The summed E-state index contributed by atoms with van der Waals surface area (Å²) >= 11 is 7.31. The van der Waals surface area contributed by atoms with Crippen LogP contribution in [0.25, 0.3) is 11.5 Å². The molecule has 5 nitrogen and oxygen atoms in total. The number of nitrogens with one attached hydrogen (secondary N) is 1. The van der Waals surface area contributed by atoms with Crippen molar-refractivity contribution in [1.29, 1.82) is 0 Å². The van der Waals surface area contributed by atoms with Crippen molar-refractivity contribution in [2.45, 2.75) is 17.5 Å². The molecule has 0 saturated heterocycles. The number of hydrogen-bond donors (Lipinski definition) is 1. The lowest BCUT2D eigenvalue weighted by Gasteiger charge is -2.09. The molecule has 0 fully saturated rings. The van der Waals surface area contributed by atoms with E-state index >= 15 is 0 Å². The molecule has 4 rings (SSSR count). The Morgan fingerprint density at radius 3 is 2.47 bits per heavy atom. The minimum Gasteiger partial charge on any atom is -0.411 e. The van der Waals surface area contributed by atoms with E-state index in [0.717, 1.165) is 16.7 Å². The molecule has 7 heteroatoms. The maximum atomic E-state index is 12.7. The van der Waals surface area contributed by atoms with Crippen molar-refractivity contribution in [2.75, 3.05) is 0 Å². The summed E-state index contributed by atoms with van der Waals surface area (Å²) in [4.78, 5) is 12.7. The summed E-state index contributed by atoms with van der Waals surface area (Å²) in [6.07, 6.45) is 0. The summed E-state index contributed by atoms with van der Waals surface area (Å²) in [5, 5.41) is 12.3. The Balaban J connectivity index is 1.40. The number of aromatic nitrogens is 2. The Bertz CT molecular complexity index is 1130. The molecular weight excluding hydrogens is 418 g/mol. The lowest BCUT2D eigenvalue weighted by atomic mass is 10.1. The first-order valence-electron chi connectivity index (χ1n) is 9.31. The molecule has 0 bridgehead atoms. The van der Waals surface area contributed by atoms with E-state index in [1.54, 1.807) is 0 Å². The van der Waals surface area contributed by atoms with E-state index in [2.05, 4.69) is 15.5 Å². The first-order valence-corrected chi connectivity index (χ1v) is 10.7. The Labute approximate surface area is 183 Å². The number of nitrogens with zero attached hydrogens (tertiary/aromatic N) is 2. The van der Waals surface area contributed by atoms with Crippen molar-refractivity contribution in [2.24, 2.45) is 0 Å². The summed E-state index contributed by atoms with van der Waals surface area (Å²) in [6.45, 7) is 0.432. The molecule has 0 saturated carbocycles. The van der Waals surface area contributed by atoms with Gasteiger partial charge in [-0.3, -0.25) is 4.79 Å². The number of thioether (sulfide) groups is 1. The Kier molecular flexibility index (Phi) is 6.47. The number of carbonyl (C=O) groups excluding carboxylic acids is 1. The maximum Gasteiger partial charge on any atom is 0.277 e. The molecule has 0 spiro atoms. The van der Waals surface area contributed by atoms with Crippen LogP contribution in [0.15, 0.2) is 88.5 Å². The molecule has 0 aliphatic rings. The summed E-state index contributed by atoms with van der Waals surface area (Å²) in [6, 6.07) is 24.5. The van der Waals surface area contributed by atoms with Crippen LogP contribution in [0.1, 0.15) is 21.5 Å². The standard InChI is InChI=1S/C23H18ClN3O2S/c24-19-12-10-16(11-13-19)14-25-21(28)20-9-5-4-8-18(20)15-30-23-27-26-22(29-23)17-6-2-1-3-7-17/h1-13H,14-15H2,(H,25,28). The van der Waals surface area contributed by atoms with Crippen LogP contribution in [0.4, 0.5) is 0 Å². The lowest BCUT2D eigenvalue weighted by Crippen LogP contribution is -2.23. The van der Waals surface area contributed by atoms with Gasteiger partial charge in [-0.25, -0.2) is 0 Å². The largest absolute Gasteiger partial charge is 0.411 e. The zero-order valence-corrected chi connectivity index (χ0v) is 17.5. The highest BCUT2D eigenvalue weighted by atomic mass is 35.5. The van der Waals surface area contributed by atoms with Gasteiger partial charge < -0.3 is 9.73 Å². The van der Waals surface area contributed by atoms with E-state index in [0.29, 0.717) is 34.0 Å². The molecule has 0 aliphatic carbocycles. The lowest BCUT2D eigenvalue weighted by molar-refractivity contribution is 0.0950. The fraction of sp³-hybridized carbons (Fsp3) is 0.0870. The average molecular weight is 436 g/mol. The third-order valence-corrected chi connectivity index (χ3v) is 5.53. The first kappa shape index (κ1) is 20.2. The smallest absolute Gasteiger partial charge is 0.277 e. The van der Waals surface area contributed by atoms with Crippen LogP contribution >= 0.6 is 23.4 Å². The van der Waals surface area contributed by atoms with Crippen LogP contribution in [0.3, 0.4) is 0 Å². The van der Waals surface area contributed by atoms with Crippen molar-refractivity contribution in [1.82, 2.24) is 15.5 Å². The SMILES string of the molecule is O=C(NCc1ccc(Cl)cc1)c1ccccc1CSc1nnc(-c2ccccc2)o1. The molecule has 0 radical (unpaired) electrons. The maximum absolute atomic E-state index is 12.7. The minimum absolute atomic E-state index is 0.128. The van der Waals surface area contributed by atoms with Gasteiger partial charge in [-0.05, 0) is 41.5 Å². The quantitative estimate of drug-likeness (QED) is 0.382. The normalized spacial score (nSPS) is 10.7. The average Bonchev–Trinajstić information content (AvgIpc) is 3.27. The Morgan fingerprint density at radius 2 is 1.67 bits per heavy atom. The fourth-order valence-electron chi connectivity index (χ4n) is 2.85. The van der Waals surface area contributed by atoms with Gasteiger partial charge in [0, 0.05) is 28.4 Å². The Hall–Kier alpha value is -3.09. The summed E-state index contributed by atoms with van der Waals surface area (Å²) < 4.78 is 5.74. The molecule has 0 aliphatic heterocycles. The van der Waals surface area contributed by atoms with E-state index in [1.165, 1.54) is 11.8 Å². The molecule has 1 N–H and O–H groups in total. The predicted octanol–water partition coefficient (Wildman–Crippen LogP) is 5.61. The van der Waals surface area contributed by atoms with Gasteiger partial charge in [-0.1, -0.05) is 71.9 Å². The third kappa shape index (κ3) is 5.09. The number of amides is 1. The van der Waals surface area contributed by atoms with Gasteiger partial charge in [-0.15, -0.1) is 10.2 Å². The van der Waals surface area contributed by atoms with Crippen LogP contribution in [0.5, 0.6) is 0 Å². The molecule has 0 atom stereocenters. The van der Waals surface area contributed by atoms with Crippen LogP contribution < -0.4 is 5.32 Å². The molecule has 3 aromatic carbocycles. The Morgan fingerprint density at radius 1 is 0.933 bits per heavy atom. The van der Waals surface area contributed by atoms with Crippen molar-refractivity contribution >= 4 is 29.3 Å². The highest BCUT2D eigenvalue weighted by Crippen LogP contribution is 2.26. The van der Waals surface area contributed by atoms with E-state index in [4.69, 9.17) is 16.0 Å². The molecule has 1 heterocycles. The number of carbonyl (C=O) groups is 1. The molecule has 30 heavy (non-hydrogen) atoms. The van der Waals surface area contributed by atoms with Gasteiger partial charge in [0.1, 0.15) is 0 Å². The second-order valence-electron chi connectivity index (χ2n) is 6.49. The number of halogens is 1. The molecule has 150 valence electrons. The highest BCUT2D eigenvalue weighted by Gasteiger charge is 2.13. The monoisotopic (exact) mass is 435 g/mol. The molecule has 1 amide bonds. The van der Waals surface area contributed by atoms with Crippen molar-refractivity contribution in [3.8, 4) is 11.5 Å². The minimum atomic E-state index is -0.128. The summed E-state index contributed by atoms with van der Waals surface area (Å²) in [5.41, 5.74) is 3.38. The predicted molar refractivity (Wildman–Crippen MR) is 118 cm³/mol. The fourth-order valence-corrected chi connectivity index (χ4v) is 3.75. The summed E-state index contributed by atoms with van der Waals surface area (Å²) in [5.74, 6) is 0.893. The van der Waals surface area contributed by atoms with Gasteiger partial charge >= 0.3 is 0 Å². The third-order valence-electron chi connectivity index (χ3n) is 4.41. The summed E-state index contributed by atoms with van der Waals surface area (Å²) in [7, 11) is 0. The van der Waals surface area contributed by atoms with Crippen LogP contribution in [-0.4, -0.2) is 16.1 Å². The molecular formula is C23H18ClN3O2S.